The molecular formula is C23H33N5O4. The van der Waals surface area contributed by atoms with Gasteiger partial charge in [-0.05, 0) is 77.6 Å². The highest BCUT2D eigenvalue weighted by Gasteiger charge is 2.24. The molecule has 0 aliphatic heterocycles. The number of ether oxygens (including phenoxy) is 2. The minimum absolute atomic E-state index is 0.171. The van der Waals surface area contributed by atoms with Gasteiger partial charge in [0.2, 0.25) is 0 Å². The average molecular weight is 444 g/mol. The first-order chi connectivity index (χ1) is 14.9. The number of aromatic amines is 1. The molecule has 0 bridgehead atoms. The van der Waals surface area contributed by atoms with E-state index in [-0.39, 0.29) is 6.04 Å². The number of hydrogen-bond acceptors (Lipinski definition) is 6. The van der Waals surface area contributed by atoms with E-state index in [1.54, 1.807) is 6.20 Å². The van der Waals surface area contributed by atoms with Crippen molar-refractivity contribution in [3.05, 3.63) is 41.1 Å². The molecule has 1 aliphatic carbocycles. The van der Waals surface area contributed by atoms with Crippen molar-refractivity contribution in [2.45, 2.75) is 78.2 Å². The average Bonchev–Trinajstić information content (AvgIpc) is 3.22. The second kappa shape index (κ2) is 9.20. The fourth-order valence-corrected chi connectivity index (χ4v) is 3.52. The van der Waals surface area contributed by atoms with Gasteiger partial charge in [0.1, 0.15) is 17.0 Å². The predicted molar refractivity (Wildman–Crippen MR) is 123 cm³/mol. The second-order valence-corrected chi connectivity index (χ2v) is 9.91. The lowest BCUT2D eigenvalue weighted by molar-refractivity contribution is 0.0624. The van der Waals surface area contributed by atoms with Crippen molar-refractivity contribution in [3.63, 3.8) is 0 Å². The normalized spacial score (nSPS) is 15.8. The van der Waals surface area contributed by atoms with Crippen LogP contribution in [0.3, 0.4) is 0 Å². The van der Waals surface area contributed by atoms with E-state index >= 15 is 0 Å². The van der Waals surface area contributed by atoms with E-state index < -0.39 is 23.4 Å². The van der Waals surface area contributed by atoms with Gasteiger partial charge in [0, 0.05) is 23.8 Å². The molecule has 0 spiro atoms. The Kier molecular flexibility index (Phi) is 6.78. The number of amides is 2. The zero-order valence-electron chi connectivity index (χ0n) is 19.6. The maximum absolute atomic E-state index is 12.0. The van der Waals surface area contributed by atoms with Gasteiger partial charge in [-0.1, -0.05) is 6.07 Å². The lowest BCUT2D eigenvalue weighted by Gasteiger charge is -2.20. The number of fused-ring (bicyclic) bond motifs is 1. The molecule has 0 saturated carbocycles. The molecule has 174 valence electrons. The van der Waals surface area contributed by atoms with Crippen LogP contribution in [0.15, 0.2) is 24.4 Å². The molecule has 1 aromatic heterocycles. The standard InChI is InChI=1S/C23H33N5O4/c1-22(2,3)31-20(29)26-16-8-9-17-14(11-16)7-10-18(17)24-12-15-13-25-28-19(15)27-21(30)32-23(4,5)6/h8-9,11,13,18,24H,7,10,12H2,1-6H3,(H,26,29)(H2,25,27,28,30). The van der Waals surface area contributed by atoms with Gasteiger partial charge in [-0.25, -0.2) is 9.59 Å². The number of aromatic nitrogens is 2. The third-order valence-corrected chi connectivity index (χ3v) is 4.75. The van der Waals surface area contributed by atoms with Crippen LogP contribution in [0.25, 0.3) is 0 Å². The van der Waals surface area contributed by atoms with Crippen LogP contribution >= 0.6 is 0 Å². The number of nitrogens with zero attached hydrogens (tertiary/aromatic N) is 1. The Labute approximate surface area is 188 Å². The van der Waals surface area contributed by atoms with Gasteiger partial charge in [0.05, 0.1) is 6.20 Å². The van der Waals surface area contributed by atoms with Crippen LogP contribution in [-0.4, -0.2) is 33.6 Å². The predicted octanol–water partition coefficient (Wildman–Crippen LogP) is 4.88. The molecule has 3 rings (SSSR count). The van der Waals surface area contributed by atoms with Gasteiger partial charge in [0.25, 0.3) is 0 Å². The van der Waals surface area contributed by atoms with Gasteiger partial charge >= 0.3 is 12.2 Å². The summed E-state index contributed by atoms with van der Waals surface area (Å²) in [5.41, 5.74) is 2.83. The number of rotatable bonds is 5. The van der Waals surface area contributed by atoms with Crippen molar-refractivity contribution in [1.82, 2.24) is 15.5 Å². The van der Waals surface area contributed by atoms with Crippen molar-refractivity contribution in [2.75, 3.05) is 10.6 Å². The van der Waals surface area contributed by atoms with Gasteiger partial charge in [0.15, 0.2) is 0 Å². The van der Waals surface area contributed by atoms with Crippen LogP contribution in [0.1, 0.15) is 70.7 Å². The quantitative estimate of drug-likeness (QED) is 0.523. The minimum atomic E-state index is -0.576. The number of hydrogen-bond donors (Lipinski definition) is 4. The van der Waals surface area contributed by atoms with E-state index in [1.165, 1.54) is 11.1 Å². The molecule has 0 radical (unpaired) electrons. The summed E-state index contributed by atoms with van der Waals surface area (Å²) in [4.78, 5) is 24.1. The monoisotopic (exact) mass is 443 g/mol. The van der Waals surface area contributed by atoms with Gasteiger partial charge < -0.3 is 14.8 Å². The van der Waals surface area contributed by atoms with Crippen LogP contribution in [0.5, 0.6) is 0 Å². The molecule has 0 saturated heterocycles. The van der Waals surface area contributed by atoms with Crippen molar-refractivity contribution in [3.8, 4) is 0 Å². The van der Waals surface area contributed by atoms with E-state index in [0.29, 0.717) is 12.4 Å². The van der Waals surface area contributed by atoms with E-state index in [1.807, 2.05) is 59.7 Å². The Balaban J connectivity index is 1.58. The van der Waals surface area contributed by atoms with E-state index in [4.69, 9.17) is 9.47 Å². The zero-order chi connectivity index (χ0) is 23.5. The summed E-state index contributed by atoms with van der Waals surface area (Å²) < 4.78 is 10.6. The summed E-state index contributed by atoms with van der Waals surface area (Å²) in [6, 6.07) is 6.08. The maximum atomic E-state index is 12.0. The van der Waals surface area contributed by atoms with E-state index in [2.05, 4.69) is 26.1 Å². The van der Waals surface area contributed by atoms with E-state index in [0.717, 1.165) is 24.1 Å². The lowest BCUT2D eigenvalue weighted by atomic mass is 10.1. The Hall–Kier alpha value is -3.07. The molecule has 9 heteroatoms. The molecule has 0 fully saturated rings. The summed E-state index contributed by atoms with van der Waals surface area (Å²) in [6.07, 6.45) is 2.54. The second-order valence-electron chi connectivity index (χ2n) is 9.91. The van der Waals surface area contributed by atoms with Gasteiger partial charge in [-0.15, -0.1) is 0 Å². The molecule has 1 unspecified atom stereocenters. The van der Waals surface area contributed by atoms with Gasteiger partial charge in [-0.3, -0.25) is 15.7 Å². The number of H-pyrrole nitrogens is 1. The SMILES string of the molecule is CC(C)(C)OC(=O)Nc1ccc2c(c1)CCC2NCc1cn[nH]c1NC(=O)OC(C)(C)C. The van der Waals surface area contributed by atoms with Crippen LogP contribution < -0.4 is 16.0 Å². The fourth-order valence-electron chi connectivity index (χ4n) is 3.52. The highest BCUT2D eigenvalue weighted by molar-refractivity contribution is 5.85. The van der Waals surface area contributed by atoms with Crippen LogP contribution in [0, 0.1) is 0 Å². The molecule has 4 N–H and O–H groups in total. The zero-order valence-corrected chi connectivity index (χ0v) is 19.6. The Morgan fingerprint density at radius 3 is 2.38 bits per heavy atom. The molecule has 2 aromatic rings. The van der Waals surface area contributed by atoms with Crippen molar-refractivity contribution < 1.29 is 19.1 Å². The summed E-state index contributed by atoms with van der Waals surface area (Å²) >= 11 is 0. The Morgan fingerprint density at radius 1 is 1.06 bits per heavy atom. The maximum Gasteiger partial charge on any atom is 0.413 e. The minimum Gasteiger partial charge on any atom is -0.444 e. The topological polar surface area (TPSA) is 117 Å². The Morgan fingerprint density at radius 2 is 1.72 bits per heavy atom. The first kappa shape index (κ1) is 23.6. The summed E-state index contributed by atoms with van der Waals surface area (Å²) in [7, 11) is 0. The molecule has 9 nitrogen and oxygen atoms in total. The van der Waals surface area contributed by atoms with Crippen LogP contribution in [0.2, 0.25) is 0 Å². The summed E-state index contributed by atoms with van der Waals surface area (Å²) in [5.74, 6) is 0.516. The summed E-state index contributed by atoms with van der Waals surface area (Å²) in [5, 5.41) is 15.9. The largest absolute Gasteiger partial charge is 0.444 e. The molecule has 1 atom stereocenters. The smallest absolute Gasteiger partial charge is 0.413 e. The number of nitrogens with one attached hydrogen (secondary N) is 4. The van der Waals surface area contributed by atoms with Crippen molar-refractivity contribution in [2.24, 2.45) is 0 Å². The third-order valence-electron chi connectivity index (χ3n) is 4.75. The molecule has 1 aromatic carbocycles. The first-order valence-corrected chi connectivity index (χ1v) is 10.8. The third kappa shape index (κ3) is 6.71. The number of aryl methyl sites for hydroxylation is 1. The molecule has 32 heavy (non-hydrogen) atoms. The van der Waals surface area contributed by atoms with Gasteiger partial charge in [-0.2, -0.15) is 5.10 Å². The van der Waals surface area contributed by atoms with Crippen molar-refractivity contribution >= 4 is 23.7 Å². The molecule has 1 heterocycles. The Bertz CT molecular complexity index is 971. The lowest BCUT2D eigenvalue weighted by Crippen LogP contribution is -2.28. The number of carbonyl (C=O) groups is 2. The van der Waals surface area contributed by atoms with Crippen LogP contribution in [0.4, 0.5) is 21.1 Å². The molecule has 1 aliphatic rings. The first-order valence-electron chi connectivity index (χ1n) is 10.8. The molecular weight excluding hydrogens is 410 g/mol. The number of anilines is 2. The van der Waals surface area contributed by atoms with E-state index in [9.17, 15) is 9.59 Å². The highest BCUT2D eigenvalue weighted by atomic mass is 16.6. The number of carbonyl (C=O) groups excluding carboxylic acids is 2. The highest BCUT2D eigenvalue weighted by Crippen LogP contribution is 2.33. The summed E-state index contributed by atoms with van der Waals surface area (Å²) in [6.45, 7) is 11.5. The van der Waals surface area contributed by atoms with Crippen molar-refractivity contribution in [1.29, 1.82) is 0 Å². The molecule has 2 amide bonds. The fraction of sp³-hybridized carbons (Fsp3) is 0.522. The van der Waals surface area contributed by atoms with Crippen LogP contribution in [-0.2, 0) is 22.4 Å². The number of benzene rings is 1.